The Balaban J connectivity index is 1.62. The summed E-state index contributed by atoms with van der Waals surface area (Å²) in [5.41, 5.74) is 4.19. The van der Waals surface area contributed by atoms with Gasteiger partial charge in [0.15, 0.2) is 6.10 Å². The number of anilines is 1. The van der Waals surface area contributed by atoms with Gasteiger partial charge in [0.25, 0.3) is 5.91 Å². The summed E-state index contributed by atoms with van der Waals surface area (Å²) in [6, 6.07) is 22.3. The monoisotopic (exact) mass is 386 g/mol. The second-order valence-electron chi connectivity index (χ2n) is 7.26. The molecule has 0 saturated heterocycles. The highest BCUT2D eigenvalue weighted by Crippen LogP contribution is 2.31. The van der Waals surface area contributed by atoms with Crippen molar-refractivity contribution in [3.8, 4) is 5.75 Å². The van der Waals surface area contributed by atoms with Crippen LogP contribution < -0.4 is 10.1 Å². The van der Waals surface area contributed by atoms with Crippen LogP contribution in [-0.2, 0) is 11.3 Å². The molecule has 1 N–H and O–H groups in total. The van der Waals surface area contributed by atoms with Gasteiger partial charge in [-0.3, -0.25) is 4.79 Å². The van der Waals surface area contributed by atoms with Crippen molar-refractivity contribution in [3.05, 3.63) is 72.3 Å². The number of rotatable bonds is 6. The van der Waals surface area contributed by atoms with Gasteiger partial charge in [-0.25, -0.2) is 0 Å². The van der Waals surface area contributed by atoms with Gasteiger partial charge in [0.1, 0.15) is 5.75 Å². The van der Waals surface area contributed by atoms with E-state index in [0.717, 1.165) is 28.9 Å². The van der Waals surface area contributed by atoms with Gasteiger partial charge >= 0.3 is 0 Å². The van der Waals surface area contributed by atoms with E-state index in [2.05, 4.69) is 53.2 Å². The first-order valence-corrected chi connectivity index (χ1v) is 10.2. The standard InChI is InChI=1S/C25H26N2O2/c1-4-23(29-24-13-9-6-10-17(24)3)25(28)26-18-14-15-22-20(16-18)19-11-7-8-12-21(19)27(22)5-2/h6-16,23H,4-5H2,1-3H3,(H,26,28). The van der Waals surface area contributed by atoms with Gasteiger partial charge in [0.05, 0.1) is 0 Å². The van der Waals surface area contributed by atoms with Crippen LogP contribution in [0.4, 0.5) is 5.69 Å². The summed E-state index contributed by atoms with van der Waals surface area (Å²) >= 11 is 0. The van der Waals surface area contributed by atoms with E-state index in [4.69, 9.17) is 4.74 Å². The molecule has 0 fully saturated rings. The maximum atomic E-state index is 12.9. The van der Waals surface area contributed by atoms with E-state index in [-0.39, 0.29) is 5.91 Å². The van der Waals surface area contributed by atoms with Crippen LogP contribution in [0, 0.1) is 6.92 Å². The molecule has 3 aromatic carbocycles. The first kappa shape index (κ1) is 19.1. The smallest absolute Gasteiger partial charge is 0.265 e. The number of para-hydroxylation sites is 2. The molecule has 148 valence electrons. The molecule has 1 aromatic heterocycles. The SMILES string of the molecule is CCC(Oc1ccccc1C)C(=O)Nc1ccc2c(c1)c1ccccc1n2CC. The Hall–Kier alpha value is -3.27. The minimum atomic E-state index is -0.538. The van der Waals surface area contributed by atoms with Crippen LogP contribution in [0.3, 0.4) is 0 Å². The Labute approximate surface area is 171 Å². The second-order valence-corrected chi connectivity index (χ2v) is 7.26. The summed E-state index contributed by atoms with van der Waals surface area (Å²) in [6.45, 7) is 6.99. The number of nitrogens with one attached hydrogen (secondary N) is 1. The summed E-state index contributed by atoms with van der Waals surface area (Å²) in [6.07, 6.45) is 0.0566. The van der Waals surface area contributed by atoms with E-state index in [9.17, 15) is 4.79 Å². The van der Waals surface area contributed by atoms with E-state index < -0.39 is 6.10 Å². The molecule has 0 saturated carbocycles. The molecule has 1 unspecified atom stereocenters. The topological polar surface area (TPSA) is 43.3 Å². The van der Waals surface area contributed by atoms with E-state index in [1.807, 2.05) is 44.2 Å². The van der Waals surface area contributed by atoms with Crippen molar-refractivity contribution in [2.75, 3.05) is 5.32 Å². The molecule has 4 nitrogen and oxygen atoms in total. The highest BCUT2D eigenvalue weighted by molar-refractivity contribution is 6.10. The first-order valence-electron chi connectivity index (χ1n) is 10.2. The molecule has 0 aliphatic carbocycles. The van der Waals surface area contributed by atoms with Crippen LogP contribution in [0.5, 0.6) is 5.75 Å². The van der Waals surface area contributed by atoms with Crippen molar-refractivity contribution in [2.45, 2.75) is 39.8 Å². The molecule has 4 aromatic rings. The van der Waals surface area contributed by atoms with E-state index >= 15 is 0 Å². The third-order valence-electron chi connectivity index (χ3n) is 5.38. The highest BCUT2D eigenvalue weighted by Gasteiger charge is 2.20. The fourth-order valence-corrected chi connectivity index (χ4v) is 3.86. The predicted molar refractivity (Wildman–Crippen MR) is 120 cm³/mol. The van der Waals surface area contributed by atoms with Gasteiger partial charge in [-0.1, -0.05) is 43.3 Å². The lowest BCUT2D eigenvalue weighted by atomic mass is 10.1. The Kier molecular flexibility index (Phi) is 5.26. The van der Waals surface area contributed by atoms with Gasteiger partial charge in [0, 0.05) is 34.0 Å². The normalized spacial score (nSPS) is 12.2. The fourth-order valence-electron chi connectivity index (χ4n) is 3.86. The Morgan fingerprint density at radius 1 is 0.966 bits per heavy atom. The summed E-state index contributed by atoms with van der Waals surface area (Å²) in [7, 11) is 0. The van der Waals surface area contributed by atoms with Crippen molar-refractivity contribution in [2.24, 2.45) is 0 Å². The Morgan fingerprint density at radius 2 is 1.69 bits per heavy atom. The molecular weight excluding hydrogens is 360 g/mol. The second kappa shape index (κ2) is 8.00. The van der Waals surface area contributed by atoms with Gasteiger partial charge in [-0.15, -0.1) is 0 Å². The van der Waals surface area contributed by atoms with Crippen LogP contribution in [0.25, 0.3) is 21.8 Å². The zero-order valence-electron chi connectivity index (χ0n) is 17.1. The van der Waals surface area contributed by atoms with Crippen molar-refractivity contribution in [1.82, 2.24) is 4.57 Å². The molecule has 4 rings (SSSR count). The summed E-state index contributed by atoms with van der Waals surface area (Å²) in [4.78, 5) is 12.9. The molecule has 1 heterocycles. The summed E-state index contributed by atoms with van der Waals surface area (Å²) in [5.74, 6) is 0.616. The number of hydrogen-bond acceptors (Lipinski definition) is 2. The molecule has 1 amide bonds. The average molecular weight is 386 g/mol. The zero-order valence-corrected chi connectivity index (χ0v) is 17.1. The lowest BCUT2D eigenvalue weighted by Crippen LogP contribution is -2.32. The van der Waals surface area contributed by atoms with Crippen molar-refractivity contribution >= 4 is 33.4 Å². The van der Waals surface area contributed by atoms with Crippen molar-refractivity contribution in [3.63, 3.8) is 0 Å². The van der Waals surface area contributed by atoms with Crippen LogP contribution in [0.2, 0.25) is 0 Å². The molecule has 0 spiro atoms. The van der Waals surface area contributed by atoms with Crippen LogP contribution in [0.1, 0.15) is 25.8 Å². The van der Waals surface area contributed by atoms with E-state index in [1.54, 1.807) is 0 Å². The van der Waals surface area contributed by atoms with Crippen molar-refractivity contribution in [1.29, 1.82) is 0 Å². The molecular formula is C25H26N2O2. The number of nitrogens with zero attached hydrogens (tertiary/aromatic N) is 1. The molecule has 0 bridgehead atoms. The number of hydrogen-bond donors (Lipinski definition) is 1. The quantitative estimate of drug-likeness (QED) is 0.447. The number of carbonyl (C=O) groups is 1. The van der Waals surface area contributed by atoms with Gasteiger partial charge in [-0.2, -0.15) is 0 Å². The number of fused-ring (bicyclic) bond motifs is 3. The fraction of sp³-hybridized carbons (Fsp3) is 0.240. The van der Waals surface area contributed by atoms with Gasteiger partial charge in [0.2, 0.25) is 0 Å². The van der Waals surface area contributed by atoms with E-state index in [1.165, 1.54) is 16.4 Å². The van der Waals surface area contributed by atoms with E-state index in [0.29, 0.717) is 6.42 Å². The predicted octanol–water partition coefficient (Wildman–Crippen LogP) is 5.92. The molecule has 29 heavy (non-hydrogen) atoms. The van der Waals surface area contributed by atoms with Crippen LogP contribution >= 0.6 is 0 Å². The molecule has 0 aliphatic rings. The lowest BCUT2D eigenvalue weighted by Gasteiger charge is -2.18. The maximum absolute atomic E-state index is 12.9. The van der Waals surface area contributed by atoms with Crippen molar-refractivity contribution < 1.29 is 9.53 Å². The molecule has 1 atom stereocenters. The number of benzene rings is 3. The van der Waals surface area contributed by atoms with Gasteiger partial charge < -0.3 is 14.6 Å². The lowest BCUT2D eigenvalue weighted by molar-refractivity contribution is -0.122. The Bertz CT molecular complexity index is 1180. The third-order valence-corrected chi connectivity index (χ3v) is 5.38. The average Bonchev–Trinajstić information content (AvgIpc) is 3.06. The number of carbonyl (C=O) groups excluding carboxylic acids is 1. The minimum absolute atomic E-state index is 0.130. The third kappa shape index (κ3) is 3.58. The number of ether oxygens (including phenoxy) is 1. The number of aryl methyl sites for hydroxylation is 2. The first-order chi connectivity index (χ1) is 14.1. The van der Waals surface area contributed by atoms with Gasteiger partial charge in [-0.05, 0) is 56.2 Å². The minimum Gasteiger partial charge on any atom is -0.480 e. The van der Waals surface area contributed by atoms with Crippen LogP contribution in [-0.4, -0.2) is 16.6 Å². The number of amides is 1. The molecule has 4 heteroatoms. The Morgan fingerprint density at radius 3 is 2.45 bits per heavy atom. The largest absolute Gasteiger partial charge is 0.480 e. The summed E-state index contributed by atoms with van der Waals surface area (Å²) < 4.78 is 8.29. The molecule has 0 aliphatic heterocycles. The number of aromatic nitrogens is 1. The maximum Gasteiger partial charge on any atom is 0.265 e. The summed E-state index contributed by atoms with van der Waals surface area (Å²) in [5, 5.41) is 5.39. The zero-order chi connectivity index (χ0) is 20.4. The van der Waals surface area contributed by atoms with Crippen LogP contribution in [0.15, 0.2) is 66.7 Å². The highest BCUT2D eigenvalue weighted by atomic mass is 16.5. The molecule has 0 radical (unpaired) electrons.